The Hall–Kier alpha value is -4.68. The van der Waals surface area contributed by atoms with Crippen molar-refractivity contribution in [2.45, 2.75) is 52.9 Å². The summed E-state index contributed by atoms with van der Waals surface area (Å²) in [7, 11) is 0. The largest absolute Gasteiger partial charge is 0.447 e. The number of allylic oxidation sites excluding steroid dienone is 2. The first-order valence-electron chi connectivity index (χ1n) is 14.4. The highest BCUT2D eigenvalue weighted by molar-refractivity contribution is 6.36. The number of para-hydroxylation sites is 1. The number of benzene rings is 4. The molecule has 6 nitrogen and oxygen atoms in total. The molecule has 0 aromatic heterocycles. The van der Waals surface area contributed by atoms with Crippen molar-refractivity contribution in [3.05, 3.63) is 126 Å². The van der Waals surface area contributed by atoms with Crippen LogP contribution in [0.25, 0.3) is 10.8 Å². The van der Waals surface area contributed by atoms with Gasteiger partial charge in [-0.15, -0.1) is 0 Å². The molecule has 6 heteroatoms. The summed E-state index contributed by atoms with van der Waals surface area (Å²) >= 11 is 0. The van der Waals surface area contributed by atoms with Gasteiger partial charge in [-0.2, -0.15) is 0 Å². The molecular weight excluding hydrogens is 524 g/mol. The van der Waals surface area contributed by atoms with Gasteiger partial charge in [0.05, 0.1) is 11.4 Å². The molecule has 0 saturated heterocycles. The van der Waals surface area contributed by atoms with Crippen LogP contribution in [0, 0.1) is 0 Å². The zero-order chi connectivity index (χ0) is 29.8. The Kier molecular flexibility index (Phi) is 8.55. The van der Waals surface area contributed by atoms with Crippen LogP contribution in [0.2, 0.25) is 0 Å². The van der Waals surface area contributed by atoms with E-state index in [1.54, 1.807) is 35.2 Å². The Bertz CT molecular complexity index is 1640. The molecule has 0 fully saturated rings. The van der Waals surface area contributed by atoms with E-state index >= 15 is 0 Å². The fraction of sp³-hybridized carbons (Fsp3) is 0.222. The highest BCUT2D eigenvalue weighted by Gasteiger charge is 2.35. The summed E-state index contributed by atoms with van der Waals surface area (Å²) in [5.74, 6) is -0.437. The van der Waals surface area contributed by atoms with Crippen LogP contribution in [0.1, 0.15) is 66.3 Å². The Morgan fingerprint density at radius 2 is 1.62 bits per heavy atom. The molecule has 1 heterocycles. The molecule has 5 rings (SSSR count). The summed E-state index contributed by atoms with van der Waals surface area (Å²) in [5, 5.41) is 12.6. The van der Waals surface area contributed by atoms with Gasteiger partial charge < -0.3 is 9.84 Å². The van der Waals surface area contributed by atoms with Gasteiger partial charge in [0.25, 0.3) is 18.2 Å². The van der Waals surface area contributed by atoms with Crippen molar-refractivity contribution in [2.24, 2.45) is 0 Å². The number of unbranched alkanes of at least 4 members (excludes halogenated alkanes) is 1. The lowest BCUT2D eigenvalue weighted by atomic mass is 9.92. The molecule has 1 atom stereocenters. The normalized spacial score (nSPS) is 13.8. The van der Waals surface area contributed by atoms with Gasteiger partial charge in [0.2, 0.25) is 0 Å². The number of nitrogens with zero attached hydrogens (tertiary/aromatic N) is 2. The summed E-state index contributed by atoms with van der Waals surface area (Å²) in [6.07, 6.45) is 4.35. The Labute approximate surface area is 247 Å². The number of anilines is 3. The van der Waals surface area contributed by atoms with Crippen molar-refractivity contribution in [2.75, 3.05) is 9.80 Å². The summed E-state index contributed by atoms with van der Waals surface area (Å²) in [5.41, 5.74) is 4.90. The van der Waals surface area contributed by atoms with Gasteiger partial charge in [0.15, 0.2) is 0 Å². The number of carbonyl (C=O) groups excluding carboxylic acids is 2. The first-order valence-corrected chi connectivity index (χ1v) is 14.4. The maximum atomic E-state index is 13.8. The highest BCUT2D eigenvalue weighted by atomic mass is 16.6. The van der Waals surface area contributed by atoms with Crippen molar-refractivity contribution >= 4 is 39.6 Å². The van der Waals surface area contributed by atoms with E-state index in [1.165, 1.54) is 10.5 Å². The Morgan fingerprint density at radius 1 is 0.929 bits per heavy atom. The number of imide groups is 1. The third-order valence-corrected chi connectivity index (χ3v) is 7.63. The fourth-order valence-electron chi connectivity index (χ4n) is 5.29. The number of rotatable bonds is 11. The minimum atomic E-state index is -1.42. The van der Waals surface area contributed by atoms with Crippen molar-refractivity contribution in [3.8, 4) is 0 Å². The predicted octanol–water partition coefficient (Wildman–Crippen LogP) is 8.28. The van der Waals surface area contributed by atoms with Crippen molar-refractivity contribution in [1.82, 2.24) is 0 Å². The van der Waals surface area contributed by atoms with E-state index in [9.17, 15) is 14.7 Å². The van der Waals surface area contributed by atoms with Crippen molar-refractivity contribution in [1.29, 1.82) is 0 Å². The number of carbonyl (C=O) groups is 2. The summed E-state index contributed by atoms with van der Waals surface area (Å²) in [4.78, 5) is 30.6. The number of aliphatic hydroxyl groups is 1. The molecule has 4 aromatic rings. The third kappa shape index (κ3) is 5.58. The first kappa shape index (κ1) is 28.8. The number of amides is 2. The van der Waals surface area contributed by atoms with Gasteiger partial charge in [-0.25, -0.2) is 4.90 Å². The number of ether oxygens (including phenoxy) is 1. The number of hydrogen-bond acceptors (Lipinski definition) is 5. The average molecular weight is 561 g/mol. The molecule has 0 radical (unpaired) electrons. The average Bonchev–Trinajstić information content (AvgIpc) is 3.00. The van der Waals surface area contributed by atoms with Gasteiger partial charge in [0, 0.05) is 27.6 Å². The molecule has 0 bridgehead atoms. The molecule has 0 spiro atoms. The molecule has 0 saturated carbocycles. The highest BCUT2D eigenvalue weighted by Crippen LogP contribution is 2.40. The second-order valence-corrected chi connectivity index (χ2v) is 10.5. The maximum Gasteiger partial charge on any atom is 0.285 e. The van der Waals surface area contributed by atoms with Crippen LogP contribution in [0.4, 0.5) is 17.1 Å². The Morgan fingerprint density at radius 3 is 2.29 bits per heavy atom. The smallest absolute Gasteiger partial charge is 0.285 e. The van der Waals surface area contributed by atoms with E-state index < -0.39 is 6.41 Å². The minimum Gasteiger partial charge on any atom is -0.447 e. The lowest BCUT2D eigenvalue weighted by Gasteiger charge is -2.33. The van der Waals surface area contributed by atoms with Gasteiger partial charge in [-0.1, -0.05) is 74.9 Å². The van der Waals surface area contributed by atoms with Crippen molar-refractivity contribution in [3.63, 3.8) is 0 Å². The van der Waals surface area contributed by atoms with Gasteiger partial charge >= 0.3 is 0 Å². The number of aliphatic hydroxyl groups excluding tert-OH is 1. The van der Waals surface area contributed by atoms with Crippen molar-refractivity contribution < 1.29 is 19.4 Å². The van der Waals surface area contributed by atoms with E-state index in [4.69, 9.17) is 4.74 Å². The van der Waals surface area contributed by atoms with E-state index in [2.05, 4.69) is 13.5 Å². The van der Waals surface area contributed by atoms with Crippen LogP contribution in [0.15, 0.2) is 109 Å². The van der Waals surface area contributed by atoms with Gasteiger partial charge in [-0.3, -0.25) is 14.5 Å². The molecule has 1 N–H and O–H groups in total. The quantitative estimate of drug-likeness (QED) is 0.0865. The summed E-state index contributed by atoms with van der Waals surface area (Å²) in [6, 6.07) is 25.9. The van der Waals surface area contributed by atoms with E-state index in [0.29, 0.717) is 44.7 Å². The second-order valence-electron chi connectivity index (χ2n) is 10.5. The number of hydrogen-bond donors (Lipinski definition) is 1. The third-order valence-electron chi connectivity index (χ3n) is 7.63. The minimum absolute atomic E-state index is 0.326. The van der Waals surface area contributed by atoms with E-state index in [1.807, 2.05) is 74.5 Å². The molecule has 214 valence electrons. The molecule has 1 aliphatic heterocycles. The zero-order valence-corrected chi connectivity index (χ0v) is 24.3. The summed E-state index contributed by atoms with van der Waals surface area (Å²) < 4.78 is 5.86. The lowest BCUT2D eigenvalue weighted by Crippen LogP contribution is -2.40. The SMILES string of the molecule is C=C(/C=C(/C)CC)OC(O)N(c1ccccc1)c1ccc2c3c(cccc13)C(=O)N(c1ccc(CCCC)cc1)C2=O. The Balaban J connectivity index is 1.58. The summed E-state index contributed by atoms with van der Waals surface area (Å²) in [6.45, 7) is 10.1. The lowest BCUT2D eigenvalue weighted by molar-refractivity contribution is -0.0534. The van der Waals surface area contributed by atoms with Crippen LogP contribution < -0.4 is 9.80 Å². The molecule has 2 amide bonds. The standard InChI is InChI=1S/C36H36N2O4/c1-5-7-12-26-17-19-28(20-18-26)38-34(39)30-16-11-15-29-32(22-21-31(33(29)30)35(38)40)37(27-13-9-8-10-14-27)36(41)42-25(4)23-24(3)6-2/h8-11,13-23,36,41H,4-7,12H2,1-3H3/b24-23-. The van der Waals surface area contributed by atoms with Gasteiger partial charge in [0.1, 0.15) is 5.76 Å². The molecular formula is C36H36N2O4. The van der Waals surface area contributed by atoms with Crippen LogP contribution >= 0.6 is 0 Å². The molecule has 1 aliphatic rings. The maximum absolute atomic E-state index is 13.8. The van der Waals surface area contributed by atoms with Crippen LogP contribution in [-0.2, 0) is 11.2 Å². The van der Waals surface area contributed by atoms with E-state index in [0.717, 1.165) is 31.3 Å². The molecule has 42 heavy (non-hydrogen) atoms. The van der Waals surface area contributed by atoms with Crippen LogP contribution in [0.5, 0.6) is 0 Å². The first-order chi connectivity index (χ1) is 20.3. The van der Waals surface area contributed by atoms with Gasteiger partial charge in [-0.05, 0) is 80.3 Å². The molecule has 1 unspecified atom stereocenters. The van der Waals surface area contributed by atoms with E-state index in [-0.39, 0.29) is 11.8 Å². The fourth-order valence-corrected chi connectivity index (χ4v) is 5.29. The van der Waals surface area contributed by atoms with Crippen LogP contribution in [-0.4, -0.2) is 23.3 Å². The zero-order valence-electron chi connectivity index (χ0n) is 24.3. The monoisotopic (exact) mass is 560 g/mol. The second kappa shape index (κ2) is 12.5. The number of aryl methyl sites for hydroxylation is 1. The molecule has 4 aromatic carbocycles. The van der Waals surface area contributed by atoms with Crippen LogP contribution in [0.3, 0.4) is 0 Å². The predicted molar refractivity (Wildman–Crippen MR) is 169 cm³/mol. The topological polar surface area (TPSA) is 70.1 Å². The molecule has 0 aliphatic carbocycles.